The normalized spacial score (nSPS) is 10.7. The number of ketones is 1. The molecule has 23 heavy (non-hydrogen) atoms. The van der Waals surface area contributed by atoms with Gasteiger partial charge in [-0.1, -0.05) is 25.1 Å². The summed E-state index contributed by atoms with van der Waals surface area (Å²) in [5, 5.41) is 2.68. The fraction of sp³-hybridized carbons (Fsp3) is 0.111. The lowest BCUT2D eigenvalue weighted by molar-refractivity contribution is -0.111. The summed E-state index contributed by atoms with van der Waals surface area (Å²) in [4.78, 5) is 23.7. The average Bonchev–Trinajstić information content (AvgIpc) is 2.55. The molecule has 0 aliphatic carbocycles. The summed E-state index contributed by atoms with van der Waals surface area (Å²) < 4.78 is 25.9. The quantitative estimate of drug-likeness (QED) is 0.672. The Morgan fingerprint density at radius 1 is 1.04 bits per heavy atom. The van der Waals surface area contributed by atoms with Gasteiger partial charge in [0.15, 0.2) is 17.4 Å². The molecule has 2 rings (SSSR count). The molecule has 0 saturated heterocycles. The van der Waals surface area contributed by atoms with Crippen molar-refractivity contribution in [1.29, 1.82) is 0 Å². The minimum Gasteiger partial charge on any atom is -0.322 e. The summed E-state index contributed by atoms with van der Waals surface area (Å²) in [6.45, 7) is 1.97. The molecule has 0 atom stereocenters. The van der Waals surface area contributed by atoms with Gasteiger partial charge in [0.05, 0.1) is 0 Å². The number of benzene rings is 2. The van der Waals surface area contributed by atoms with E-state index in [2.05, 4.69) is 5.32 Å². The smallest absolute Gasteiger partial charge is 0.248 e. The highest BCUT2D eigenvalue weighted by Gasteiger charge is 2.08. The van der Waals surface area contributed by atoms with E-state index in [1.54, 1.807) is 12.1 Å². The number of allylic oxidation sites excluding steroid dienone is 1. The Morgan fingerprint density at radius 2 is 1.78 bits per heavy atom. The lowest BCUT2D eigenvalue weighted by Crippen LogP contribution is -2.10. The molecule has 0 spiro atoms. The lowest BCUT2D eigenvalue weighted by Gasteiger charge is -2.07. The first-order valence-electron chi connectivity index (χ1n) is 7.07. The summed E-state index contributed by atoms with van der Waals surface area (Å²) in [6.07, 6.45) is 2.85. The molecular formula is C18H15F2NO2. The van der Waals surface area contributed by atoms with E-state index in [0.29, 0.717) is 5.69 Å². The summed E-state index contributed by atoms with van der Waals surface area (Å²) in [7, 11) is 0. The molecule has 2 aromatic carbocycles. The van der Waals surface area contributed by atoms with Crippen molar-refractivity contribution in [3.8, 4) is 0 Å². The second-order valence-electron chi connectivity index (χ2n) is 4.83. The Labute approximate surface area is 132 Å². The van der Waals surface area contributed by atoms with Crippen LogP contribution >= 0.6 is 0 Å². The van der Waals surface area contributed by atoms with Crippen LogP contribution in [0.3, 0.4) is 0 Å². The lowest BCUT2D eigenvalue weighted by atomic mass is 10.1. The maximum Gasteiger partial charge on any atom is 0.248 e. The van der Waals surface area contributed by atoms with Crippen LogP contribution < -0.4 is 5.32 Å². The summed E-state index contributed by atoms with van der Waals surface area (Å²) in [6, 6.07) is 10.2. The number of para-hydroxylation sites is 1. The van der Waals surface area contributed by atoms with Crippen molar-refractivity contribution < 1.29 is 18.4 Å². The van der Waals surface area contributed by atoms with Gasteiger partial charge in [0.25, 0.3) is 0 Å². The van der Waals surface area contributed by atoms with Gasteiger partial charge in [0, 0.05) is 17.3 Å². The van der Waals surface area contributed by atoms with Crippen molar-refractivity contribution >= 4 is 17.4 Å². The van der Waals surface area contributed by atoms with Crippen molar-refractivity contribution in [3.05, 3.63) is 77.4 Å². The average molecular weight is 315 g/mol. The third-order valence-corrected chi connectivity index (χ3v) is 3.25. The number of rotatable bonds is 5. The highest BCUT2D eigenvalue weighted by Crippen LogP contribution is 2.15. The standard InChI is InChI=1S/C18H15F2NO2/c1-2-12-5-3-4-6-16(12)21-18(23)10-9-17(22)13-7-8-14(19)15(20)11-13/h3-11H,2H2,1H3,(H,21,23)/b10-9+. The topological polar surface area (TPSA) is 46.2 Å². The first kappa shape index (κ1) is 16.5. The molecule has 0 aliphatic rings. The van der Waals surface area contributed by atoms with Gasteiger partial charge in [-0.05, 0) is 42.3 Å². The van der Waals surface area contributed by atoms with E-state index < -0.39 is 23.3 Å². The number of nitrogens with one attached hydrogen (secondary N) is 1. The zero-order chi connectivity index (χ0) is 16.8. The first-order chi connectivity index (χ1) is 11.0. The zero-order valence-corrected chi connectivity index (χ0v) is 12.5. The number of carbonyl (C=O) groups is 2. The molecule has 0 heterocycles. The van der Waals surface area contributed by atoms with Crippen molar-refractivity contribution in [3.63, 3.8) is 0 Å². The van der Waals surface area contributed by atoms with Crippen LogP contribution in [0, 0.1) is 11.6 Å². The van der Waals surface area contributed by atoms with Crippen LogP contribution in [0.2, 0.25) is 0 Å². The maximum atomic E-state index is 13.1. The number of amides is 1. The van der Waals surface area contributed by atoms with E-state index in [9.17, 15) is 18.4 Å². The van der Waals surface area contributed by atoms with Gasteiger partial charge in [0.1, 0.15) is 0 Å². The molecule has 3 nitrogen and oxygen atoms in total. The van der Waals surface area contributed by atoms with Gasteiger partial charge in [-0.3, -0.25) is 9.59 Å². The number of hydrogen-bond donors (Lipinski definition) is 1. The molecule has 118 valence electrons. The van der Waals surface area contributed by atoms with Gasteiger partial charge in [0.2, 0.25) is 5.91 Å². The number of hydrogen-bond acceptors (Lipinski definition) is 2. The molecule has 0 saturated carbocycles. The highest BCUT2D eigenvalue weighted by atomic mass is 19.2. The first-order valence-corrected chi connectivity index (χ1v) is 7.07. The summed E-state index contributed by atoms with van der Waals surface area (Å²) in [5.74, 6) is -3.19. The third-order valence-electron chi connectivity index (χ3n) is 3.25. The third kappa shape index (κ3) is 4.32. The maximum absolute atomic E-state index is 13.1. The van der Waals surface area contributed by atoms with E-state index in [0.717, 1.165) is 42.3 Å². The number of halogens is 2. The summed E-state index contributed by atoms with van der Waals surface area (Å²) in [5.41, 5.74) is 1.62. The number of aryl methyl sites for hydroxylation is 1. The Kier molecular flexibility index (Phi) is 5.36. The van der Waals surface area contributed by atoms with Gasteiger partial charge in [-0.25, -0.2) is 8.78 Å². The van der Waals surface area contributed by atoms with Gasteiger partial charge in [-0.15, -0.1) is 0 Å². The van der Waals surface area contributed by atoms with Gasteiger partial charge < -0.3 is 5.32 Å². The fourth-order valence-electron chi connectivity index (χ4n) is 2.02. The molecule has 0 fully saturated rings. The number of carbonyl (C=O) groups excluding carboxylic acids is 2. The second kappa shape index (κ2) is 7.45. The predicted molar refractivity (Wildman–Crippen MR) is 84.3 cm³/mol. The van der Waals surface area contributed by atoms with Crippen LogP contribution in [0.5, 0.6) is 0 Å². The predicted octanol–water partition coefficient (Wildman–Crippen LogP) is 3.90. The molecule has 0 bridgehead atoms. The van der Waals surface area contributed by atoms with Crippen molar-refractivity contribution in [2.45, 2.75) is 13.3 Å². The zero-order valence-electron chi connectivity index (χ0n) is 12.5. The number of anilines is 1. The van der Waals surface area contributed by atoms with Crippen LogP contribution in [0.1, 0.15) is 22.8 Å². The van der Waals surface area contributed by atoms with Crippen LogP contribution in [0.4, 0.5) is 14.5 Å². The summed E-state index contributed by atoms with van der Waals surface area (Å²) >= 11 is 0. The van der Waals surface area contributed by atoms with Crippen LogP contribution in [-0.4, -0.2) is 11.7 Å². The van der Waals surface area contributed by atoms with E-state index in [1.165, 1.54) is 0 Å². The fourth-order valence-corrected chi connectivity index (χ4v) is 2.02. The minimum absolute atomic E-state index is 0.0260. The van der Waals surface area contributed by atoms with E-state index in [4.69, 9.17) is 0 Å². The van der Waals surface area contributed by atoms with Crippen molar-refractivity contribution in [2.24, 2.45) is 0 Å². The van der Waals surface area contributed by atoms with Gasteiger partial charge >= 0.3 is 0 Å². The van der Waals surface area contributed by atoms with Crippen molar-refractivity contribution in [2.75, 3.05) is 5.32 Å². The Morgan fingerprint density at radius 3 is 2.48 bits per heavy atom. The largest absolute Gasteiger partial charge is 0.322 e. The highest BCUT2D eigenvalue weighted by molar-refractivity contribution is 6.09. The van der Waals surface area contributed by atoms with Crippen LogP contribution in [0.25, 0.3) is 0 Å². The van der Waals surface area contributed by atoms with Crippen molar-refractivity contribution in [1.82, 2.24) is 0 Å². The molecule has 2 aromatic rings. The Bertz CT molecular complexity index is 769. The Balaban J connectivity index is 2.05. The van der Waals surface area contributed by atoms with Gasteiger partial charge in [-0.2, -0.15) is 0 Å². The minimum atomic E-state index is -1.11. The van der Waals surface area contributed by atoms with E-state index >= 15 is 0 Å². The second-order valence-corrected chi connectivity index (χ2v) is 4.83. The van der Waals surface area contributed by atoms with Crippen LogP contribution in [0.15, 0.2) is 54.6 Å². The Hall–Kier alpha value is -2.82. The SMILES string of the molecule is CCc1ccccc1NC(=O)/C=C/C(=O)c1ccc(F)c(F)c1. The van der Waals surface area contributed by atoms with E-state index in [1.807, 2.05) is 19.1 Å². The molecule has 1 N–H and O–H groups in total. The molecule has 1 amide bonds. The van der Waals surface area contributed by atoms with Crippen LogP contribution in [-0.2, 0) is 11.2 Å². The van der Waals surface area contributed by atoms with E-state index in [-0.39, 0.29) is 5.56 Å². The monoisotopic (exact) mass is 315 g/mol. The molecule has 0 radical (unpaired) electrons. The molecule has 0 unspecified atom stereocenters. The molecule has 0 aliphatic heterocycles. The molecule has 5 heteroatoms. The molecular weight excluding hydrogens is 300 g/mol. The molecule has 0 aromatic heterocycles.